The topological polar surface area (TPSA) is 115 Å². The van der Waals surface area contributed by atoms with Gasteiger partial charge in [0.1, 0.15) is 11.5 Å². The van der Waals surface area contributed by atoms with Gasteiger partial charge in [-0.1, -0.05) is 38.1 Å². The summed E-state index contributed by atoms with van der Waals surface area (Å²) in [5, 5.41) is 36.8. The molecule has 1 aromatic heterocycles. The first kappa shape index (κ1) is 21.1. The second-order valence-electron chi connectivity index (χ2n) is 8.52. The molecule has 4 rings (SSSR count). The lowest BCUT2D eigenvalue weighted by Crippen LogP contribution is -2.21. The van der Waals surface area contributed by atoms with Crippen LogP contribution in [0.3, 0.4) is 0 Å². The Kier molecular flexibility index (Phi) is 5.84. The third-order valence-electron chi connectivity index (χ3n) is 5.78. The van der Waals surface area contributed by atoms with Crippen LogP contribution >= 0.6 is 0 Å². The quantitative estimate of drug-likeness (QED) is 0.483. The number of aromatic hydroxyl groups is 2. The molecule has 0 aliphatic carbocycles. The first-order valence-electron chi connectivity index (χ1n) is 10.5. The van der Waals surface area contributed by atoms with Gasteiger partial charge >= 0.3 is 5.69 Å². The van der Waals surface area contributed by atoms with Crippen molar-refractivity contribution in [2.24, 2.45) is 0 Å². The summed E-state index contributed by atoms with van der Waals surface area (Å²) in [7, 11) is 0. The van der Waals surface area contributed by atoms with Crippen LogP contribution in [0.1, 0.15) is 42.9 Å². The lowest BCUT2D eigenvalue weighted by atomic mass is 9.98. The molecule has 2 aromatic carbocycles. The first-order chi connectivity index (χ1) is 14.8. The minimum Gasteiger partial charge on any atom is -0.508 e. The Labute approximate surface area is 180 Å². The van der Waals surface area contributed by atoms with Gasteiger partial charge in [-0.05, 0) is 35.1 Å². The van der Waals surface area contributed by atoms with Crippen LogP contribution in [0.4, 0.5) is 0 Å². The van der Waals surface area contributed by atoms with Gasteiger partial charge in [0.15, 0.2) is 5.82 Å². The van der Waals surface area contributed by atoms with Crippen LogP contribution in [0.25, 0.3) is 11.4 Å². The van der Waals surface area contributed by atoms with E-state index in [1.165, 1.54) is 10.6 Å². The highest BCUT2D eigenvalue weighted by Gasteiger charge is 2.21. The maximum atomic E-state index is 12.4. The van der Waals surface area contributed by atoms with Crippen LogP contribution in [-0.2, 0) is 13.1 Å². The van der Waals surface area contributed by atoms with E-state index in [0.717, 1.165) is 30.6 Å². The Balaban J connectivity index is 1.58. The molecule has 31 heavy (non-hydrogen) atoms. The highest BCUT2D eigenvalue weighted by molar-refractivity contribution is 5.67. The molecule has 8 nitrogen and oxygen atoms in total. The average molecular weight is 425 g/mol. The number of benzene rings is 2. The summed E-state index contributed by atoms with van der Waals surface area (Å²) in [5.74, 6) is 0.245. The Bertz CT molecular complexity index is 1120. The number of aliphatic hydroxyl groups is 1. The monoisotopic (exact) mass is 424 g/mol. The van der Waals surface area contributed by atoms with Crippen molar-refractivity contribution in [1.82, 2.24) is 19.7 Å². The highest BCUT2D eigenvalue weighted by atomic mass is 16.3. The molecule has 4 N–H and O–H groups in total. The molecule has 0 spiro atoms. The van der Waals surface area contributed by atoms with E-state index in [1.807, 2.05) is 38.1 Å². The van der Waals surface area contributed by atoms with Gasteiger partial charge in [0.25, 0.3) is 0 Å². The Morgan fingerprint density at radius 2 is 1.77 bits per heavy atom. The number of H-pyrrole nitrogens is 1. The van der Waals surface area contributed by atoms with E-state index in [9.17, 15) is 20.1 Å². The van der Waals surface area contributed by atoms with Crippen molar-refractivity contribution >= 4 is 0 Å². The SMILES string of the molecule is CC(C)c1cc(-c2n[nH]c(=O)n2Cc2ccc(CN3CC[C@H](O)C3)cc2)c(O)cc1O. The summed E-state index contributed by atoms with van der Waals surface area (Å²) in [4.78, 5) is 14.6. The molecule has 0 unspecified atom stereocenters. The van der Waals surface area contributed by atoms with Crippen molar-refractivity contribution in [2.45, 2.75) is 45.4 Å². The van der Waals surface area contributed by atoms with Crippen molar-refractivity contribution in [3.05, 3.63) is 63.6 Å². The van der Waals surface area contributed by atoms with Crippen molar-refractivity contribution in [3.63, 3.8) is 0 Å². The van der Waals surface area contributed by atoms with Crippen LogP contribution in [0.15, 0.2) is 41.2 Å². The predicted octanol–water partition coefficient (Wildman–Crippen LogP) is 2.39. The van der Waals surface area contributed by atoms with Crippen molar-refractivity contribution < 1.29 is 15.3 Å². The molecule has 1 saturated heterocycles. The zero-order valence-corrected chi connectivity index (χ0v) is 17.7. The van der Waals surface area contributed by atoms with E-state index < -0.39 is 0 Å². The van der Waals surface area contributed by atoms with Gasteiger partial charge in [-0.15, -0.1) is 0 Å². The van der Waals surface area contributed by atoms with Gasteiger partial charge in [-0.2, -0.15) is 5.10 Å². The molecule has 3 aromatic rings. The summed E-state index contributed by atoms with van der Waals surface area (Å²) < 4.78 is 1.47. The number of hydrogen-bond acceptors (Lipinski definition) is 6. The van der Waals surface area contributed by atoms with Gasteiger partial charge in [0.05, 0.1) is 18.2 Å². The average Bonchev–Trinajstić information content (AvgIpc) is 3.29. The number of phenolic OH excluding ortho intramolecular Hbond substituents is 2. The van der Waals surface area contributed by atoms with Crippen molar-refractivity contribution in [3.8, 4) is 22.9 Å². The first-order valence-corrected chi connectivity index (χ1v) is 10.5. The Hall–Kier alpha value is -3.10. The number of likely N-dealkylation sites (tertiary alicyclic amines) is 1. The lowest BCUT2D eigenvalue weighted by Gasteiger charge is -2.15. The number of phenols is 2. The molecule has 1 aliphatic heterocycles. The molecule has 0 amide bonds. The summed E-state index contributed by atoms with van der Waals surface area (Å²) in [6, 6.07) is 11.0. The second-order valence-corrected chi connectivity index (χ2v) is 8.52. The van der Waals surface area contributed by atoms with E-state index in [4.69, 9.17) is 0 Å². The van der Waals surface area contributed by atoms with Gasteiger partial charge in [-0.25, -0.2) is 9.89 Å². The third kappa shape index (κ3) is 4.50. The van der Waals surface area contributed by atoms with Crippen molar-refractivity contribution in [1.29, 1.82) is 0 Å². The molecule has 2 heterocycles. The van der Waals surface area contributed by atoms with Gasteiger partial charge in [0, 0.05) is 25.7 Å². The largest absolute Gasteiger partial charge is 0.508 e. The highest BCUT2D eigenvalue weighted by Crippen LogP contribution is 2.36. The predicted molar refractivity (Wildman–Crippen MR) is 117 cm³/mol. The van der Waals surface area contributed by atoms with E-state index in [2.05, 4.69) is 15.1 Å². The lowest BCUT2D eigenvalue weighted by molar-refractivity contribution is 0.175. The fourth-order valence-electron chi connectivity index (χ4n) is 4.05. The summed E-state index contributed by atoms with van der Waals surface area (Å²) in [6.45, 7) is 6.56. The summed E-state index contributed by atoms with van der Waals surface area (Å²) in [5.41, 5.74) is 2.77. The molecule has 1 aliphatic rings. The standard InChI is InChI=1S/C23H28N4O4/c1-14(2)18-9-19(21(30)10-20(18)29)22-24-25-23(31)27(22)12-16-5-3-15(4-6-16)11-26-8-7-17(28)13-26/h3-6,9-10,14,17,28-30H,7-8,11-13H2,1-2H3,(H,25,31)/t17-/m0/s1. The van der Waals surface area contributed by atoms with Gasteiger partial charge in [0.2, 0.25) is 0 Å². The molecule has 0 bridgehead atoms. The minimum absolute atomic E-state index is 0.0155. The number of β-amino-alcohol motifs (C(OH)–C–C–N with tert-alkyl or cyclic N) is 1. The van der Waals surface area contributed by atoms with Crippen LogP contribution < -0.4 is 5.69 Å². The number of aromatic amines is 1. The summed E-state index contributed by atoms with van der Waals surface area (Å²) in [6.07, 6.45) is 0.575. The minimum atomic E-state index is -0.372. The fraction of sp³-hybridized carbons (Fsp3) is 0.391. The number of hydrogen-bond donors (Lipinski definition) is 4. The zero-order chi connectivity index (χ0) is 22.1. The van der Waals surface area contributed by atoms with Crippen LogP contribution in [0.5, 0.6) is 11.5 Å². The van der Waals surface area contributed by atoms with Crippen molar-refractivity contribution in [2.75, 3.05) is 13.1 Å². The Morgan fingerprint density at radius 1 is 1.10 bits per heavy atom. The van der Waals surface area contributed by atoms with Crippen LogP contribution in [0.2, 0.25) is 0 Å². The molecule has 0 saturated carbocycles. The Morgan fingerprint density at radius 3 is 2.39 bits per heavy atom. The van der Waals surface area contributed by atoms with E-state index in [1.54, 1.807) is 6.07 Å². The normalized spacial score (nSPS) is 17.0. The fourth-order valence-corrected chi connectivity index (χ4v) is 4.05. The second kappa shape index (κ2) is 8.56. The van der Waals surface area contributed by atoms with Gasteiger partial charge in [-0.3, -0.25) is 9.47 Å². The van der Waals surface area contributed by atoms with E-state index in [-0.39, 0.29) is 29.2 Å². The molecular formula is C23H28N4O4. The number of aliphatic hydroxyl groups excluding tert-OH is 1. The molecule has 0 radical (unpaired) electrons. The maximum Gasteiger partial charge on any atom is 0.343 e. The zero-order valence-electron chi connectivity index (χ0n) is 17.7. The molecule has 1 fully saturated rings. The van der Waals surface area contributed by atoms with Gasteiger partial charge < -0.3 is 15.3 Å². The number of aromatic nitrogens is 3. The maximum absolute atomic E-state index is 12.4. The summed E-state index contributed by atoms with van der Waals surface area (Å²) >= 11 is 0. The van der Waals surface area contributed by atoms with Crippen LogP contribution in [-0.4, -0.2) is 54.2 Å². The molecular weight excluding hydrogens is 396 g/mol. The van der Waals surface area contributed by atoms with E-state index >= 15 is 0 Å². The molecule has 164 valence electrons. The van der Waals surface area contributed by atoms with Crippen LogP contribution in [0, 0.1) is 0 Å². The molecule has 8 heteroatoms. The number of rotatable bonds is 6. The number of nitrogens with one attached hydrogen (secondary N) is 1. The molecule has 1 atom stereocenters. The third-order valence-corrected chi connectivity index (χ3v) is 5.78. The smallest absolute Gasteiger partial charge is 0.343 e. The number of nitrogens with zero attached hydrogens (tertiary/aromatic N) is 3. The van der Waals surface area contributed by atoms with E-state index in [0.29, 0.717) is 30.0 Å².